The molecule has 0 unspecified atom stereocenters. The third kappa shape index (κ3) is 3.38. The second-order valence-electron chi connectivity index (χ2n) is 7.01. The average molecular weight is 394 g/mol. The van der Waals surface area contributed by atoms with Gasteiger partial charge in [-0.05, 0) is 28.3 Å². The minimum absolute atomic E-state index is 0.0430. The maximum atomic E-state index is 12.1. The van der Waals surface area contributed by atoms with Gasteiger partial charge in [0.25, 0.3) is 0 Å². The number of hydrogen-bond acceptors (Lipinski definition) is 4. The summed E-state index contributed by atoms with van der Waals surface area (Å²) < 4.78 is 5.50. The van der Waals surface area contributed by atoms with Crippen LogP contribution < -0.4 is 5.32 Å². The minimum atomic E-state index is -0.478. The van der Waals surface area contributed by atoms with Gasteiger partial charge in [0, 0.05) is 17.7 Å². The quantitative estimate of drug-likeness (QED) is 0.517. The van der Waals surface area contributed by atoms with Crippen LogP contribution in [0.3, 0.4) is 0 Å². The van der Waals surface area contributed by atoms with Crippen molar-refractivity contribution in [3.63, 3.8) is 0 Å². The normalized spacial score (nSPS) is 12.0. The van der Waals surface area contributed by atoms with Gasteiger partial charge in [-0.2, -0.15) is 5.10 Å². The summed E-state index contributed by atoms with van der Waals surface area (Å²) in [5, 5.41) is 9.47. The van der Waals surface area contributed by atoms with Crippen LogP contribution in [0.5, 0.6) is 0 Å². The molecule has 6 nitrogen and oxygen atoms in total. The van der Waals surface area contributed by atoms with Gasteiger partial charge in [0.1, 0.15) is 12.1 Å². The lowest BCUT2D eigenvalue weighted by Gasteiger charge is -2.14. The summed E-state index contributed by atoms with van der Waals surface area (Å²) in [6, 6.07) is 18.4. The average Bonchev–Trinajstić information content (AvgIpc) is 3.37. The van der Waals surface area contributed by atoms with Crippen molar-refractivity contribution in [1.29, 1.82) is 0 Å². The molecule has 2 heterocycles. The number of H-pyrrole nitrogens is 1. The number of benzene rings is 2. The highest BCUT2D eigenvalue weighted by atomic mass is 16.5. The number of nitrogens with zero attached hydrogens (tertiary/aromatic N) is 2. The Kier molecular flexibility index (Phi) is 4.62. The molecule has 0 saturated carbocycles. The Labute approximate surface area is 173 Å². The van der Waals surface area contributed by atoms with Gasteiger partial charge in [-0.3, -0.25) is 10.1 Å². The third-order valence-electron chi connectivity index (χ3n) is 5.19. The zero-order valence-electron chi connectivity index (χ0n) is 16.1. The highest BCUT2D eigenvalue weighted by Crippen LogP contribution is 2.44. The summed E-state index contributed by atoms with van der Waals surface area (Å²) in [6.45, 7) is 0.478. The van der Waals surface area contributed by atoms with Crippen molar-refractivity contribution in [2.24, 2.45) is 0 Å². The first-order valence-corrected chi connectivity index (χ1v) is 9.66. The van der Waals surface area contributed by atoms with Crippen molar-refractivity contribution < 1.29 is 9.53 Å². The minimum Gasteiger partial charge on any atom is -0.449 e. The number of ether oxygens (including phenoxy) is 1. The molecule has 4 aromatic rings. The van der Waals surface area contributed by atoms with Crippen LogP contribution in [0.15, 0.2) is 67.0 Å². The van der Waals surface area contributed by atoms with Gasteiger partial charge in [-0.15, -0.1) is 0 Å². The van der Waals surface area contributed by atoms with Gasteiger partial charge in [0.05, 0.1) is 18.3 Å². The predicted molar refractivity (Wildman–Crippen MR) is 114 cm³/mol. The molecule has 1 amide bonds. The maximum absolute atomic E-state index is 12.1. The van der Waals surface area contributed by atoms with E-state index in [1.54, 1.807) is 12.4 Å². The lowest BCUT2D eigenvalue weighted by atomic mass is 9.98. The molecule has 5 rings (SSSR count). The molecule has 0 fully saturated rings. The number of aromatic nitrogens is 3. The molecule has 2 aromatic carbocycles. The molecule has 6 heteroatoms. The van der Waals surface area contributed by atoms with Crippen LogP contribution in [0.2, 0.25) is 0 Å². The second-order valence-corrected chi connectivity index (χ2v) is 7.01. The molecule has 1 aliphatic rings. The zero-order chi connectivity index (χ0) is 20.3. The van der Waals surface area contributed by atoms with Crippen molar-refractivity contribution in [1.82, 2.24) is 20.5 Å². The van der Waals surface area contributed by atoms with E-state index in [2.05, 4.69) is 56.6 Å². The van der Waals surface area contributed by atoms with E-state index in [1.165, 1.54) is 22.3 Å². The highest BCUT2D eigenvalue weighted by Gasteiger charge is 2.28. The van der Waals surface area contributed by atoms with Crippen molar-refractivity contribution in [2.75, 3.05) is 13.2 Å². The van der Waals surface area contributed by atoms with Crippen molar-refractivity contribution >= 4 is 17.1 Å². The summed E-state index contributed by atoms with van der Waals surface area (Å²) in [6.07, 6.45) is 2.86. The summed E-state index contributed by atoms with van der Waals surface area (Å²) in [4.78, 5) is 16.4. The molecule has 0 spiro atoms. The van der Waals surface area contributed by atoms with Crippen LogP contribution in [-0.2, 0) is 4.74 Å². The lowest BCUT2D eigenvalue weighted by Crippen LogP contribution is -2.26. The third-order valence-corrected chi connectivity index (χ3v) is 5.19. The molecule has 0 saturated heterocycles. The Morgan fingerprint density at radius 1 is 1.07 bits per heavy atom. The number of pyridine rings is 1. The number of carbonyl (C=O) groups excluding carboxylic acids is 1. The number of aromatic amines is 1. The SMILES string of the molecule is O=C(NCC#Cc1cnc2cn[nH]c2c1)OCC1c2ccccc2-c2ccccc21. The van der Waals surface area contributed by atoms with Crippen LogP contribution in [0.4, 0.5) is 4.79 Å². The molecule has 30 heavy (non-hydrogen) atoms. The Hall–Kier alpha value is -4.11. The number of amides is 1. The van der Waals surface area contributed by atoms with Gasteiger partial charge in [-0.25, -0.2) is 4.79 Å². The van der Waals surface area contributed by atoms with Crippen LogP contribution in [-0.4, -0.2) is 34.4 Å². The Morgan fingerprint density at radius 2 is 1.80 bits per heavy atom. The standard InChI is InChI=1S/C24H18N4O2/c29-24(25-11-5-6-16-12-22-23(26-13-16)14-27-28-22)30-15-21-19-9-3-1-7-17(19)18-8-2-4-10-20(18)21/h1-4,7-10,12-14,21H,11,15H2,(H,25,29)(H,27,28). The fraction of sp³-hybridized carbons (Fsp3) is 0.125. The van der Waals surface area contributed by atoms with Crippen LogP contribution >= 0.6 is 0 Å². The monoisotopic (exact) mass is 394 g/mol. The Morgan fingerprint density at radius 3 is 2.57 bits per heavy atom. The van der Waals surface area contributed by atoms with Gasteiger partial charge in [-0.1, -0.05) is 60.4 Å². The maximum Gasteiger partial charge on any atom is 0.407 e. The van der Waals surface area contributed by atoms with E-state index in [9.17, 15) is 4.79 Å². The molecule has 0 atom stereocenters. The Balaban J connectivity index is 1.19. The fourth-order valence-corrected chi connectivity index (χ4v) is 3.81. The smallest absolute Gasteiger partial charge is 0.407 e. The van der Waals surface area contributed by atoms with Gasteiger partial charge < -0.3 is 10.1 Å². The molecule has 2 N–H and O–H groups in total. The molecular weight excluding hydrogens is 376 g/mol. The first-order valence-electron chi connectivity index (χ1n) is 9.66. The number of rotatable bonds is 3. The van der Waals surface area contributed by atoms with E-state index in [4.69, 9.17) is 4.74 Å². The molecule has 146 valence electrons. The molecule has 0 radical (unpaired) electrons. The molecule has 2 aromatic heterocycles. The predicted octanol–water partition coefficient (Wildman–Crippen LogP) is 3.85. The van der Waals surface area contributed by atoms with Crippen LogP contribution in [0, 0.1) is 11.8 Å². The number of fused-ring (bicyclic) bond motifs is 4. The number of carbonyl (C=O) groups is 1. The van der Waals surface area contributed by atoms with Gasteiger partial charge >= 0.3 is 6.09 Å². The topological polar surface area (TPSA) is 79.9 Å². The van der Waals surface area contributed by atoms with E-state index in [1.807, 2.05) is 30.3 Å². The van der Waals surface area contributed by atoms with Crippen LogP contribution in [0.25, 0.3) is 22.2 Å². The van der Waals surface area contributed by atoms with E-state index >= 15 is 0 Å². The van der Waals surface area contributed by atoms with Crippen molar-refractivity contribution in [3.05, 3.63) is 83.7 Å². The summed E-state index contributed by atoms with van der Waals surface area (Å²) in [7, 11) is 0. The zero-order valence-corrected chi connectivity index (χ0v) is 16.1. The molecule has 0 aliphatic heterocycles. The number of nitrogens with one attached hydrogen (secondary N) is 2. The second kappa shape index (κ2) is 7.72. The fourth-order valence-electron chi connectivity index (χ4n) is 3.81. The van der Waals surface area contributed by atoms with Crippen molar-refractivity contribution in [3.8, 4) is 23.0 Å². The summed E-state index contributed by atoms with van der Waals surface area (Å²) >= 11 is 0. The van der Waals surface area contributed by atoms with E-state index < -0.39 is 6.09 Å². The molecular formula is C24H18N4O2. The molecule has 0 bridgehead atoms. The first kappa shape index (κ1) is 18.0. The summed E-state index contributed by atoms with van der Waals surface area (Å²) in [5.74, 6) is 5.93. The largest absolute Gasteiger partial charge is 0.449 e. The first-order chi connectivity index (χ1) is 14.8. The lowest BCUT2D eigenvalue weighted by molar-refractivity contribution is 0.144. The van der Waals surface area contributed by atoms with Gasteiger partial charge in [0.2, 0.25) is 0 Å². The highest BCUT2D eigenvalue weighted by molar-refractivity contribution is 5.79. The van der Waals surface area contributed by atoms with E-state index in [-0.39, 0.29) is 19.1 Å². The van der Waals surface area contributed by atoms with E-state index in [0.717, 1.165) is 16.6 Å². The molecule has 1 aliphatic carbocycles. The van der Waals surface area contributed by atoms with Crippen LogP contribution in [0.1, 0.15) is 22.6 Å². The van der Waals surface area contributed by atoms with E-state index in [0.29, 0.717) is 0 Å². The number of alkyl carbamates (subject to hydrolysis) is 1. The number of hydrogen-bond donors (Lipinski definition) is 2. The summed E-state index contributed by atoms with van der Waals surface area (Å²) in [5.41, 5.74) is 7.15. The Bertz CT molecular complexity index is 1250. The van der Waals surface area contributed by atoms with Crippen molar-refractivity contribution in [2.45, 2.75) is 5.92 Å². The van der Waals surface area contributed by atoms with Gasteiger partial charge in [0.15, 0.2) is 0 Å².